The van der Waals surface area contributed by atoms with E-state index >= 15 is 0 Å². The number of phenols is 1. The van der Waals surface area contributed by atoms with Crippen molar-refractivity contribution in [2.75, 3.05) is 0 Å². The van der Waals surface area contributed by atoms with Crippen LogP contribution in [0.15, 0.2) is 59.3 Å². The number of hydrogen-bond acceptors (Lipinski definition) is 5. The minimum Gasteiger partial charge on any atom is -0.508 e. The first-order valence-corrected chi connectivity index (χ1v) is 8.59. The molecule has 1 N–H and O–H groups in total. The number of benzene rings is 1. The second-order valence-corrected chi connectivity index (χ2v) is 5.99. The van der Waals surface area contributed by atoms with Gasteiger partial charge in [0.2, 0.25) is 0 Å². The van der Waals surface area contributed by atoms with Crippen LogP contribution in [-0.4, -0.2) is 20.1 Å². The van der Waals surface area contributed by atoms with E-state index in [0.717, 1.165) is 33.7 Å². The zero-order valence-corrected chi connectivity index (χ0v) is 15.1. The van der Waals surface area contributed by atoms with Crippen LogP contribution < -0.4 is 0 Å². The molecule has 0 amide bonds. The van der Waals surface area contributed by atoms with Crippen molar-refractivity contribution in [2.24, 2.45) is 0 Å². The third-order valence-corrected chi connectivity index (χ3v) is 3.58. The van der Waals surface area contributed by atoms with E-state index in [2.05, 4.69) is 28.8 Å². The third kappa shape index (κ3) is 3.88. The summed E-state index contributed by atoms with van der Waals surface area (Å²) in [6.07, 6.45) is 4.70. The van der Waals surface area contributed by atoms with Gasteiger partial charge in [0, 0.05) is 17.3 Å². The predicted molar refractivity (Wildman–Crippen MR) is 103 cm³/mol. The normalized spacial score (nSPS) is 10.4. The molecule has 4 aromatic rings. The highest BCUT2D eigenvalue weighted by Gasteiger charge is 2.08. The van der Waals surface area contributed by atoms with Crippen molar-refractivity contribution in [1.82, 2.24) is 15.0 Å². The number of aromatic hydroxyl groups is 1. The topological polar surface area (TPSA) is 72.0 Å². The first-order valence-electron chi connectivity index (χ1n) is 8.59. The maximum atomic E-state index is 9.38. The highest BCUT2D eigenvalue weighted by Crippen LogP contribution is 2.25. The van der Waals surface area contributed by atoms with Gasteiger partial charge < -0.3 is 9.52 Å². The fourth-order valence-electron chi connectivity index (χ4n) is 2.39. The van der Waals surface area contributed by atoms with E-state index in [-0.39, 0.29) is 5.75 Å². The molecule has 0 saturated heterocycles. The molecule has 0 fully saturated rings. The molecule has 5 heteroatoms. The molecule has 0 bridgehead atoms. The molecule has 132 valence electrons. The van der Waals surface area contributed by atoms with E-state index in [9.17, 15) is 5.11 Å². The van der Waals surface area contributed by atoms with Crippen LogP contribution in [0.1, 0.15) is 26.0 Å². The fraction of sp³-hybridized carbons (Fsp3) is 0.190. The molecular formula is C21H21N3O2. The maximum Gasteiger partial charge on any atom is 0.159 e. The fourth-order valence-corrected chi connectivity index (χ4v) is 2.39. The largest absolute Gasteiger partial charge is 0.508 e. The van der Waals surface area contributed by atoms with Gasteiger partial charge in [0.05, 0.1) is 11.7 Å². The lowest BCUT2D eigenvalue weighted by Gasteiger charge is -2.04. The van der Waals surface area contributed by atoms with Crippen molar-refractivity contribution in [3.8, 4) is 28.5 Å². The Balaban J connectivity index is 0.000000613. The lowest BCUT2D eigenvalue weighted by atomic mass is 10.2. The Morgan fingerprint density at radius 2 is 1.62 bits per heavy atom. The van der Waals surface area contributed by atoms with Gasteiger partial charge in [-0.15, -0.1) is 0 Å². The van der Waals surface area contributed by atoms with Crippen LogP contribution in [0.2, 0.25) is 0 Å². The number of furan rings is 1. The molecule has 5 nitrogen and oxygen atoms in total. The number of rotatable bonds is 2. The summed E-state index contributed by atoms with van der Waals surface area (Å²) < 4.78 is 5.64. The number of nitrogens with zero attached hydrogens (tertiary/aromatic N) is 3. The Hall–Kier alpha value is -3.21. The van der Waals surface area contributed by atoms with E-state index in [1.54, 1.807) is 36.7 Å². The van der Waals surface area contributed by atoms with Gasteiger partial charge in [0.25, 0.3) is 0 Å². The number of hydrogen-bond donors (Lipinski definition) is 1. The van der Waals surface area contributed by atoms with Gasteiger partial charge in [-0.3, -0.25) is 4.98 Å². The van der Waals surface area contributed by atoms with Crippen molar-refractivity contribution < 1.29 is 9.52 Å². The zero-order valence-electron chi connectivity index (χ0n) is 15.1. The Bertz CT molecular complexity index is 1010. The zero-order chi connectivity index (χ0) is 18.5. The Morgan fingerprint density at radius 3 is 2.27 bits per heavy atom. The molecule has 4 rings (SSSR count). The first kappa shape index (κ1) is 17.6. The van der Waals surface area contributed by atoms with Crippen LogP contribution in [0.25, 0.3) is 33.7 Å². The molecule has 0 atom stereocenters. The summed E-state index contributed by atoms with van der Waals surface area (Å²) >= 11 is 0. The SMILES string of the molecule is CCC.Cc1ccc(-c2cnc3cnc(-c4ccc(O)cc4)nc3c2)o1. The lowest BCUT2D eigenvalue weighted by molar-refractivity contribution is 0.475. The molecule has 0 aliphatic heterocycles. The van der Waals surface area contributed by atoms with Gasteiger partial charge in [-0.25, -0.2) is 9.97 Å². The van der Waals surface area contributed by atoms with Crippen LogP contribution in [0.4, 0.5) is 0 Å². The molecule has 0 unspecified atom stereocenters. The van der Waals surface area contributed by atoms with E-state index in [0.29, 0.717) is 5.82 Å². The molecule has 0 saturated carbocycles. The van der Waals surface area contributed by atoms with Gasteiger partial charge in [-0.1, -0.05) is 20.3 Å². The van der Waals surface area contributed by atoms with Crippen LogP contribution in [0, 0.1) is 6.92 Å². The average Bonchev–Trinajstić information content (AvgIpc) is 3.08. The highest BCUT2D eigenvalue weighted by atomic mass is 16.3. The van der Waals surface area contributed by atoms with Crippen LogP contribution in [0.3, 0.4) is 0 Å². The standard InChI is InChI=1S/C18H13N3O2.C3H8/c1-11-2-7-17(23-11)13-8-15-16(19-9-13)10-20-18(21-15)12-3-5-14(22)6-4-12;1-3-2/h2-10,22H,1H3;3H2,1-2H3. The molecule has 0 radical (unpaired) electrons. The van der Waals surface area contributed by atoms with Gasteiger partial charge in [0.1, 0.15) is 22.8 Å². The van der Waals surface area contributed by atoms with Crippen LogP contribution in [0.5, 0.6) is 5.75 Å². The minimum absolute atomic E-state index is 0.215. The number of aryl methyl sites for hydroxylation is 1. The Morgan fingerprint density at radius 1 is 0.885 bits per heavy atom. The van der Waals surface area contributed by atoms with Crippen molar-refractivity contribution >= 4 is 11.0 Å². The molecule has 0 aliphatic rings. The summed E-state index contributed by atoms with van der Waals surface area (Å²) in [6, 6.07) is 12.6. The second kappa shape index (κ2) is 7.78. The molecule has 1 aromatic carbocycles. The third-order valence-electron chi connectivity index (χ3n) is 3.58. The van der Waals surface area contributed by atoms with Crippen LogP contribution in [-0.2, 0) is 0 Å². The maximum absolute atomic E-state index is 9.38. The Kier molecular flexibility index (Phi) is 5.27. The molecular weight excluding hydrogens is 326 g/mol. The quantitative estimate of drug-likeness (QED) is 0.527. The van der Waals surface area contributed by atoms with E-state index in [4.69, 9.17) is 4.42 Å². The summed E-state index contributed by atoms with van der Waals surface area (Å²) in [5.41, 5.74) is 3.18. The molecule has 3 aromatic heterocycles. The minimum atomic E-state index is 0.215. The summed E-state index contributed by atoms with van der Waals surface area (Å²) in [4.78, 5) is 13.3. The Labute approximate surface area is 152 Å². The summed E-state index contributed by atoms with van der Waals surface area (Å²) in [6.45, 7) is 6.16. The number of phenolic OH excluding ortho intramolecular Hbond substituents is 1. The summed E-state index contributed by atoms with van der Waals surface area (Å²) in [5, 5.41) is 9.38. The monoisotopic (exact) mass is 347 g/mol. The van der Waals surface area contributed by atoms with E-state index in [1.807, 2.05) is 25.1 Å². The van der Waals surface area contributed by atoms with E-state index in [1.165, 1.54) is 6.42 Å². The summed E-state index contributed by atoms with van der Waals surface area (Å²) in [7, 11) is 0. The molecule has 3 heterocycles. The van der Waals surface area contributed by atoms with Gasteiger partial charge in [-0.2, -0.15) is 0 Å². The smallest absolute Gasteiger partial charge is 0.159 e. The average molecular weight is 347 g/mol. The summed E-state index contributed by atoms with van der Waals surface area (Å²) in [5.74, 6) is 2.42. The number of aromatic nitrogens is 3. The van der Waals surface area contributed by atoms with Crippen molar-refractivity contribution in [3.63, 3.8) is 0 Å². The van der Waals surface area contributed by atoms with Gasteiger partial charge in [-0.05, 0) is 49.4 Å². The van der Waals surface area contributed by atoms with Crippen molar-refractivity contribution in [1.29, 1.82) is 0 Å². The van der Waals surface area contributed by atoms with Crippen molar-refractivity contribution in [2.45, 2.75) is 27.2 Å². The number of pyridine rings is 1. The lowest BCUT2D eigenvalue weighted by Crippen LogP contribution is -1.92. The van der Waals surface area contributed by atoms with Gasteiger partial charge in [0.15, 0.2) is 5.82 Å². The predicted octanol–water partition coefficient (Wildman–Crippen LogP) is 5.38. The van der Waals surface area contributed by atoms with Gasteiger partial charge >= 0.3 is 0 Å². The second-order valence-electron chi connectivity index (χ2n) is 5.99. The van der Waals surface area contributed by atoms with Crippen LogP contribution >= 0.6 is 0 Å². The highest BCUT2D eigenvalue weighted by molar-refractivity contribution is 5.80. The molecule has 0 aliphatic carbocycles. The molecule has 0 spiro atoms. The van der Waals surface area contributed by atoms with Crippen molar-refractivity contribution in [3.05, 3.63) is 60.6 Å². The first-order chi connectivity index (χ1) is 12.6. The van der Waals surface area contributed by atoms with E-state index < -0.39 is 0 Å². The number of fused-ring (bicyclic) bond motifs is 1. The molecule has 26 heavy (non-hydrogen) atoms.